The molecule has 5 nitrogen and oxygen atoms in total. The third-order valence-electron chi connectivity index (χ3n) is 6.23. The maximum absolute atomic E-state index is 12.8. The van der Waals surface area contributed by atoms with Crippen LogP contribution in [0.1, 0.15) is 64.2 Å². The van der Waals surface area contributed by atoms with E-state index >= 15 is 0 Å². The number of carbonyl (C=O) groups excluding carboxylic acids is 2. The van der Waals surface area contributed by atoms with Gasteiger partial charge >= 0.3 is 0 Å². The van der Waals surface area contributed by atoms with Crippen LogP contribution in [0.25, 0.3) is 0 Å². The lowest BCUT2D eigenvalue weighted by molar-refractivity contribution is -0.138. The quantitative estimate of drug-likeness (QED) is 0.775. The van der Waals surface area contributed by atoms with Gasteiger partial charge in [0.25, 0.3) is 0 Å². The van der Waals surface area contributed by atoms with Crippen molar-refractivity contribution in [2.24, 2.45) is 17.6 Å². The lowest BCUT2D eigenvalue weighted by Gasteiger charge is -2.35. The highest BCUT2D eigenvalue weighted by atomic mass is 35.5. The molecule has 2 unspecified atom stereocenters. The average molecular weight is 372 g/mol. The van der Waals surface area contributed by atoms with Gasteiger partial charge in [0.15, 0.2) is 0 Å². The van der Waals surface area contributed by atoms with E-state index in [4.69, 9.17) is 5.73 Å². The minimum absolute atomic E-state index is 0. The van der Waals surface area contributed by atoms with Gasteiger partial charge < -0.3 is 15.5 Å². The Morgan fingerprint density at radius 1 is 0.800 bits per heavy atom. The highest BCUT2D eigenvalue weighted by Gasteiger charge is 2.33. The number of piperidine rings is 1. The van der Waals surface area contributed by atoms with Crippen molar-refractivity contribution in [2.75, 3.05) is 26.2 Å². The van der Waals surface area contributed by atoms with Gasteiger partial charge in [-0.05, 0) is 44.4 Å². The summed E-state index contributed by atoms with van der Waals surface area (Å²) >= 11 is 0. The standard InChI is InChI=1S/C19H33N3O2.ClH/c20-17-7-3-1-2-6-16(17)19(24)22-12-8-15(9-13-22)14-18(23)21-10-4-5-11-21;/h15-17H,1-14,20H2;1H. The molecule has 0 aromatic carbocycles. The second-order valence-electron chi connectivity index (χ2n) is 7.97. The molecule has 2 aliphatic heterocycles. The topological polar surface area (TPSA) is 66.6 Å². The van der Waals surface area contributed by atoms with Gasteiger partial charge in [0.05, 0.1) is 5.92 Å². The predicted molar refractivity (Wildman–Crippen MR) is 102 cm³/mol. The SMILES string of the molecule is Cl.NC1CCCCCC1C(=O)N1CCC(CC(=O)N2CCCC2)CC1. The Kier molecular flexibility index (Phi) is 8.01. The van der Waals surface area contributed by atoms with Gasteiger partial charge in [0.2, 0.25) is 11.8 Å². The molecule has 0 aromatic rings. The highest BCUT2D eigenvalue weighted by Crippen LogP contribution is 2.28. The first-order valence-electron chi connectivity index (χ1n) is 9.97. The molecule has 3 rings (SSSR count). The van der Waals surface area contributed by atoms with Gasteiger partial charge in [-0.25, -0.2) is 0 Å². The normalized spacial score (nSPS) is 28.4. The van der Waals surface area contributed by atoms with Crippen LogP contribution in [0.4, 0.5) is 0 Å². The second-order valence-corrected chi connectivity index (χ2v) is 7.97. The molecule has 0 bridgehead atoms. The number of nitrogens with zero attached hydrogens (tertiary/aromatic N) is 2. The van der Waals surface area contributed by atoms with Crippen molar-refractivity contribution in [1.29, 1.82) is 0 Å². The van der Waals surface area contributed by atoms with Crippen LogP contribution in [-0.2, 0) is 9.59 Å². The first-order chi connectivity index (χ1) is 11.6. The third-order valence-corrected chi connectivity index (χ3v) is 6.23. The number of hydrogen-bond donors (Lipinski definition) is 1. The highest BCUT2D eigenvalue weighted by molar-refractivity contribution is 5.85. The summed E-state index contributed by atoms with van der Waals surface area (Å²) < 4.78 is 0. The Labute approximate surface area is 158 Å². The van der Waals surface area contributed by atoms with Crippen molar-refractivity contribution in [2.45, 2.75) is 70.3 Å². The smallest absolute Gasteiger partial charge is 0.227 e. The van der Waals surface area contributed by atoms with E-state index in [2.05, 4.69) is 0 Å². The molecule has 2 N–H and O–H groups in total. The van der Waals surface area contributed by atoms with Crippen molar-refractivity contribution < 1.29 is 9.59 Å². The van der Waals surface area contributed by atoms with Gasteiger partial charge in [0.1, 0.15) is 0 Å². The van der Waals surface area contributed by atoms with E-state index in [9.17, 15) is 9.59 Å². The Hall–Kier alpha value is -0.810. The Bertz CT molecular complexity index is 446. The van der Waals surface area contributed by atoms with Crippen molar-refractivity contribution in [3.05, 3.63) is 0 Å². The molecule has 3 aliphatic rings. The Morgan fingerprint density at radius 2 is 1.44 bits per heavy atom. The Balaban J connectivity index is 0.00000225. The first-order valence-corrected chi connectivity index (χ1v) is 9.97. The maximum atomic E-state index is 12.8. The zero-order valence-electron chi connectivity index (χ0n) is 15.3. The third kappa shape index (κ3) is 5.33. The molecular formula is C19H34ClN3O2. The minimum atomic E-state index is 0. The molecule has 1 saturated carbocycles. The van der Waals surface area contributed by atoms with E-state index in [1.54, 1.807) is 0 Å². The van der Waals surface area contributed by atoms with Crippen LogP contribution in [-0.4, -0.2) is 53.8 Å². The lowest BCUT2D eigenvalue weighted by Crippen LogP contribution is -2.47. The van der Waals surface area contributed by atoms with E-state index in [-0.39, 0.29) is 30.3 Å². The molecule has 0 spiro atoms. The number of halogens is 1. The molecule has 25 heavy (non-hydrogen) atoms. The molecule has 0 radical (unpaired) electrons. The number of hydrogen-bond acceptors (Lipinski definition) is 3. The van der Waals surface area contributed by atoms with Crippen LogP contribution in [0.2, 0.25) is 0 Å². The summed E-state index contributed by atoms with van der Waals surface area (Å²) in [5.41, 5.74) is 6.25. The molecule has 3 fully saturated rings. The molecule has 2 atom stereocenters. The second kappa shape index (κ2) is 9.77. The van der Waals surface area contributed by atoms with Gasteiger partial charge in [-0.3, -0.25) is 9.59 Å². The van der Waals surface area contributed by atoms with Gasteiger partial charge in [-0.2, -0.15) is 0 Å². The first kappa shape index (κ1) is 20.5. The largest absolute Gasteiger partial charge is 0.343 e. The molecule has 0 aromatic heterocycles. The van der Waals surface area contributed by atoms with Gasteiger partial charge in [0, 0.05) is 38.6 Å². The fourth-order valence-corrected chi connectivity index (χ4v) is 4.58. The molecule has 2 heterocycles. The van der Waals surface area contributed by atoms with E-state index in [0.717, 1.165) is 77.5 Å². The number of carbonyl (C=O) groups is 2. The predicted octanol–water partition coefficient (Wildman–Crippen LogP) is 2.57. The number of likely N-dealkylation sites (tertiary alicyclic amines) is 2. The summed E-state index contributed by atoms with van der Waals surface area (Å²) in [5.74, 6) is 1.07. The summed E-state index contributed by atoms with van der Waals surface area (Å²) in [4.78, 5) is 29.1. The average Bonchev–Trinajstić information content (AvgIpc) is 3.04. The van der Waals surface area contributed by atoms with Crippen LogP contribution in [0.5, 0.6) is 0 Å². The fraction of sp³-hybridized carbons (Fsp3) is 0.895. The zero-order valence-corrected chi connectivity index (χ0v) is 16.1. The van der Waals surface area contributed by atoms with Crippen LogP contribution >= 0.6 is 12.4 Å². The van der Waals surface area contributed by atoms with Crippen LogP contribution in [0, 0.1) is 11.8 Å². The molecule has 2 saturated heterocycles. The van der Waals surface area contributed by atoms with Gasteiger partial charge in [-0.1, -0.05) is 19.3 Å². The summed E-state index contributed by atoms with van der Waals surface area (Å²) in [6.45, 7) is 3.49. The van der Waals surface area contributed by atoms with Crippen molar-refractivity contribution in [1.82, 2.24) is 9.80 Å². The molecule has 144 valence electrons. The van der Waals surface area contributed by atoms with Crippen LogP contribution in [0.15, 0.2) is 0 Å². The molecular weight excluding hydrogens is 338 g/mol. The lowest BCUT2D eigenvalue weighted by atomic mass is 9.89. The fourth-order valence-electron chi connectivity index (χ4n) is 4.58. The van der Waals surface area contributed by atoms with E-state index < -0.39 is 0 Å². The van der Waals surface area contributed by atoms with Crippen molar-refractivity contribution in [3.8, 4) is 0 Å². The van der Waals surface area contributed by atoms with Gasteiger partial charge in [-0.15, -0.1) is 12.4 Å². The minimum Gasteiger partial charge on any atom is -0.343 e. The van der Waals surface area contributed by atoms with E-state index in [1.807, 2.05) is 9.80 Å². The zero-order chi connectivity index (χ0) is 16.9. The summed E-state index contributed by atoms with van der Waals surface area (Å²) in [7, 11) is 0. The van der Waals surface area contributed by atoms with E-state index in [1.165, 1.54) is 6.42 Å². The summed E-state index contributed by atoms with van der Waals surface area (Å²) in [6, 6.07) is 0.0365. The van der Waals surface area contributed by atoms with Crippen LogP contribution in [0.3, 0.4) is 0 Å². The van der Waals surface area contributed by atoms with Crippen molar-refractivity contribution >= 4 is 24.2 Å². The van der Waals surface area contributed by atoms with E-state index in [0.29, 0.717) is 18.2 Å². The Morgan fingerprint density at radius 3 is 2.12 bits per heavy atom. The van der Waals surface area contributed by atoms with Crippen LogP contribution < -0.4 is 5.73 Å². The molecule has 2 amide bonds. The molecule has 6 heteroatoms. The summed E-state index contributed by atoms with van der Waals surface area (Å²) in [5, 5.41) is 0. The maximum Gasteiger partial charge on any atom is 0.227 e. The van der Waals surface area contributed by atoms with Crippen molar-refractivity contribution in [3.63, 3.8) is 0 Å². The summed E-state index contributed by atoms with van der Waals surface area (Å²) in [6.07, 6.45) is 10.3. The number of rotatable bonds is 3. The molecule has 1 aliphatic carbocycles. The monoisotopic (exact) mass is 371 g/mol. The number of amides is 2. The number of nitrogens with two attached hydrogens (primary N) is 1.